The molecule has 26 heavy (non-hydrogen) atoms. The number of nitrogens with two attached hydrogens (primary N) is 1. The third-order valence-corrected chi connectivity index (χ3v) is 4.73. The lowest BCUT2D eigenvalue weighted by molar-refractivity contribution is -0.119. The van der Waals surface area contributed by atoms with Crippen molar-refractivity contribution in [3.8, 4) is 11.3 Å². The van der Waals surface area contributed by atoms with Gasteiger partial charge in [0.15, 0.2) is 17.5 Å². The zero-order valence-electron chi connectivity index (χ0n) is 15.5. The number of carbonyl (C=O) groups is 1. The summed E-state index contributed by atoms with van der Waals surface area (Å²) in [4.78, 5) is 22.5. The molecule has 0 saturated heterocycles. The summed E-state index contributed by atoms with van der Waals surface area (Å²) in [5, 5.41) is 3.01. The van der Waals surface area contributed by atoms with Gasteiger partial charge in [0.2, 0.25) is 0 Å². The molecule has 1 fully saturated rings. The van der Waals surface area contributed by atoms with Gasteiger partial charge in [-0.25, -0.2) is 4.98 Å². The molecule has 0 amide bonds. The smallest absolute Gasteiger partial charge is 0.298 e. The Morgan fingerprint density at radius 2 is 2.23 bits per heavy atom. The summed E-state index contributed by atoms with van der Waals surface area (Å²) in [5.41, 5.74) is 6.97. The Bertz CT molecular complexity index is 823. The summed E-state index contributed by atoms with van der Waals surface area (Å²) in [7, 11) is 1.62. The van der Waals surface area contributed by atoms with Gasteiger partial charge in [-0.15, -0.1) is 0 Å². The number of hydrogen-bond acceptors (Lipinski definition) is 5. The highest BCUT2D eigenvalue weighted by Crippen LogP contribution is 2.45. The van der Waals surface area contributed by atoms with Crippen LogP contribution >= 0.6 is 0 Å². The maximum Gasteiger partial charge on any atom is 0.298 e. The number of Topliss-reactive ketones (excluding diaryl/α,β-unsaturated/α-hetero) is 1. The van der Waals surface area contributed by atoms with E-state index in [4.69, 9.17) is 10.2 Å². The van der Waals surface area contributed by atoms with Crippen LogP contribution in [0.4, 0.5) is 11.7 Å². The highest BCUT2D eigenvalue weighted by atomic mass is 16.4. The number of nitrogens with zero attached hydrogens (tertiary/aromatic N) is 3. The average molecular weight is 355 g/mol. The van der Waals surface area contributed by atoms with E-state index in [0.29, 0.717) is 17.7 Å². The number of ketones is 1. The maximum atomic E-state index is 12.1. The molecule has 0 aliphatic heterocycles. The molecular weight excluding hydrogens is 330 g/mol. The predicted octanol–water partition coefficient (Wildman–Crippen LogP) is 3.04. The molecule has 3 N–H and O–H groups in total. The molecule has 138 valence electrons. The van der Waals surface area contributed by atoms with E-state index in [1.165, 1.54) is 0 Å². The fourth-order valence-corrected chi connectivity index (χ4v) is 3.12. The van der Waals surface area contributed by atoms with Crippen molar-refractivity contribution in [2.24, 2.45) is 10.7 Å². The van der Waals surface area contributed by atoms with E-state index in [1.54, 1.807) is 20.2 Å². The van der Waals surface area contributed by atoms with Crippen LogP contribution in [0.1, 0.15) is 33.1 Å². The molecule has 2 aromatic rings. The molecule has 1 aliphatic rings. The third kappa shape index (κ3) is 3.42. The Morgan fingerprint density at radius 3 is 2.85 bits per heavy atom. The van der Waals surface area contributed by atoms with Gasteiger partial charge in [0.1, 0.15) is 5.54 Å². The Kier molecular flexibility index (Phi) is 4.97. The molecular formula is C19H25N5O2. The van der Waals surface area contributed by atoms with E-state index >= 15 is 0 Å². The van der Waals surface area contributed by atoms with Gasteiger partial charge in [0, 0.05) is 24.8 Å². The van der Waals surface area contributed by atoms with Gasteiger partial charge in [0.05, 0.1) is 6.20 Å². The second-order valence-corrected chi connectivity index (χ2v) is 6.56. The lowest BCUT2D eigenvalue weighted by atomic mass is 10.1. The van der Waals surface area contributed by atoms with E-state index in [1.807, 2.05) is 29.2 Å². The van der Waals surface area contributed by atoms with E-state index < -0.39 is 5.54 Å². The number of aromatic nitrogens is 1. The zero-order chi connectivity index (χ0) is 18.7. The second-order valence-electron chi connectivity index (χ2n) is 6.56. The molecule has 1 aromatic heterocycles. The molecule has 7 nitrogen and oxygen atoms in total. The topological polar surface area (TPSA) is 96.8 Å². The van der Waals surface area contributed by atoms with Crippen molar-refractivity contribution >= 4 is 23.4 Å². The van der Waals surface area contributed by atoms with Crippen molar-refractivity contribution in [1.29, 1.82) is 0 Å². The number of aliphatic imine (C=N–C) groups is 1. The SMILES string of the molecule is CCCN(c1ncc(-c2cccc(NC(N)=NC)c2)o1)C1(C(C)=O)CC1. The predicted molar refractivity (Wildman–Crippen MR) is 103 cm³/mol. The van der Waals surface area contributed by atoms with Crippen LogP contribution in [-0.4, -0.2) is 35.9 Å². The van der Waals surface area contributed by atoms with Crippen LogP contribution in [0.5, 0.6) is 0 Å². The number of rotatable bonds is 7. The summed E-state index contributed by atoms with van der Waals surface area (Å²) in [6.45, 7) is 4.47. The second kappa shape index (κ2) is 7.19. The van der Waals surface area contributed by atoms with Crippen molar-refractivity contribution in [1.82, 2.24) is 4.98 Å². The first-order valence-electron chi connectivity index (χ1n) is 8.84. The van der Waals surface area contributed by atoms with E-state index in [2.05, 4.69) is 22.2 Å². The number of oxazole rings is 1. The van der Waals surface area contributed by atoms with Crippen LogP contribution in [0.2, 0.25) is 0 Å². The minimum absolute atomic E-state index is 0.172. The number of benzene rings is 1. The van der Waals surface area contributed by atoms with E-state index in [0.717, 1.165) is 37.1 Å². The Labute approximate surface area is 153 Å². The highest BCUT2D eigenvalue weighted by molar-refractivity contribution is 5.93. The normalized spacial score (nSPS) is 15.6. The van der Waals surface area contributed by atoms with Gasteiger partial charge in [-0.1, -0.05) is 19.1 Å². The highest BCUT2D eigenvalue weighted by Gasteiger charge is 2.53. The molecule has 1 saturated carbocycles. The minimum Gasteiger partial charge on any atom is -0.423 e. The number of nitrogens with one attached hydrogen (secondary N) is 1. The zero-order valence-corrected chi connectivity index (χ0v) is 15.5. The van der Waals surface area contributed by atoms with E-state index in [-0.39, 0.29) is 5.78 Å². The van der Waals surface area contributed by atoms with Crippen molar-refractivity contribution in [3.63, 3.8) is 0 Å². The number of anilines is 2. The lowest BCUT2D eigenvalue weighted by Crippen LogP contribution is -2.43. The first-order valence-corrected chi connectivity index (χ1v) is 8.84. The third-order valence-electron chi connectivity index (χ3n) is 4.73. The summed E-state index contributed by atoms with van der Waals surface area (Å²) in [6, 6.07) is 8.17. The van der Waals surface area contributed by atoms with Gasteiger partial charge < -0.3 is 20.4 Å². The van der Waals surface area contributed by atoms with Crippen LogP contribution in [0.3, 0.4) is 0 Å². The van der Waals surface area contributed by atoms with Gasteiger partial charge in [0.25, 0.3) is 6.01 Å². The van der Waals surface area contributed by atoms with Gasteiger partial charge in [-0.05, 0) is 38.3 Å². The molecule has 3 rings (SSSR count). The number of hydrogen-bond donors (Lipinski definition) is 2. The fourth-order valence-electron chi connectivity index (χ4n) is 3.12. The summed E-state index contributed by atoms with van der Waals surface area (Å²) in [5.74, 6) is 1.16. The van der Waals surface area contributed by atoms with Crippen LogP contribution < -0.4 is 16.0 Å². The van der Waals surface area contributed by atoms with Crippen LogP contribution in [0.25, 0.3) is 11.3 Å². The van der Waals surface area contributed by atoms with Gasteiger partial charge >= 0.3 is 0 Å². The quantitative estimate of drug-likeness (QED) is 0.585. The fraction of sp³-hybridized carbons (Fsp3) is 0.421. The first kappa shape index (κ1) is 18.0. The van der Waals surface area contributed by atoms with Crippen LogP contribution in [0, 0.1) is 0 Å². The van der Waals surface area contributed by atoms with Crippen LogP contribution in [0.15, 0.2) is 39.9 Å². The molecule has 0 spiro atoms. The number of guanidine groups is 1. The van der Waals surface area contributed by atoms with Crippen molar-refractivity contribution < 1.29 is 9.21 Å². The largest absolute Gasteiger partial charge is 0.423 e. The number of carbonyl (C=O) groups excluding carboxylic acids is 1. The molecule has 0 radical (unpaired) electrons. The monoisotopic (exact) mass is 355 g/mol. The van der Waals surface area contributed by atoms with Gasteiger partial charge in [-0.3, -0.25) is 9.79 Å². The molecule has 7 heteroatoms. The molecule has 0 bridgehead atoms. The molecule has 0 atom stereocenters. The minimum atomic E-state index is -0.437. The molecule has 0 unspecified atom stereocenters. The Balaban J connectivity index is 1.87. The van der Waals surface area contributed by atoms with Crippen molar-refractivity contribution in [3.05, 3.63) is 30.5 Å². The first-order chi connectivity index (χ1) is 12.5. The average Bonchev–Trinajstić information content (AvgIpc) is 3.30. The van der Waals surface area contributed by atoms with Crippen molar-refractivity contribution in [2.75, 3.05) is 23.8 Å². The summed E-state index contributed by atoms with van der Waals surface area (Å²) in [6.07, 6.45) is 4.33. The summed E-state index contributed by atoms with van der Waals surface area (Å²) < 4.78 is 6.02. The Hall–Kier alpha value is -2.83. The van der Waals surface area contributed by atoms with Crippen LogP contribution in [-0.2, 0) is 4.79 Å². The maximum absolute atomic E-state index is 12.1. The van der Waals surface area contributed by atoms with E-state index in [9.17, 15) is 4.79 Å². The molecule has 1 heterocycles. The molecule has 1 aromatic carbocycles. The Morgan fingerprint density at radius 1 is 1.46 bits per heavy atom. The lowest BCUT2D eigenvalue weighted by Gasteiger charge is -2.28. The van der Waals surface area contributed by atoms with Crippen molar-refractivity contribution in [2.45, 2.75) is 38.6 Å². The summed E-state index contributed by atoms with van der Waals surface area (Å²) >= 11 is 0. The molecule has 1 aliphatic carbocycles. The standard InChI is InChI=1S/C19H25N5O2/c1-4-10-24(19(8-9-19)13(2)25)18-22-12-16(26-18)14-6-5-7-15(11-14)23-17(20)21-3/h5-7,11-12H,4,8-10H2,1-3H3,(H3,20,21,23). The van der Waals surface area contributed by atoms with Gasteiger partial charge in [-0.2, -0.15) is 0 Å².